The average molecular weight is 539 g/mol. The number of hydrogen-bond donors (Lipinski definition) is 3. The van der Waals surface area contributed by atoms with Crippen LogP contribution in [0.4, 0.5) is 29.3 Å². The van der Waals surface area contributed by atoms with Crippen LogP contribution >= 0.6 is 23.4 Å². The van der Waals surface area contributed by atoms with E-state index in [0.29, 0.717) is 28.7 Å². The van der Waals surface area contributed by atoms with Crippen LogP contribution in [0.15, 0.2) is 64.8 Å². The molecule has 0 bridgehead atoms. The Hall–Kier alpha value is -3.35. The Labute approximate surface area is 214 Å². The van der Waals surface area contributed by atoms with E-state index in [0.717, 1.165) is 12.1 Å². The van der Waals surface area contributed by atoms with Crippen molar-refractivity contribution in [2.24, 2.45) is 0 Å². The molecule has 3 amide bonds. The molecule has 0 saturated carbocycles. The minimum Gasteiger partial charge on any atom is -0.349 e. The summed E-state index contributed by atoms with van der Waals surface area (Å²) >= 11 is 6.86. The molecule has 3 rings (SSSR count). The highest BCUT2D eigenvalue weighted by atomic mass is 35.5. The van der Waals surface area contributed by atoms with Crippen LogP contribution in [0.1, 0.15) is 16.1 Å². The fraction of sp³-hybridized carbons (Fsp3) is 0.217. The van der Waals surface area contributed by atoms with Gasteiger partial charge in [0, 0.05) is 35.4 Å². The van der Waals surface area contributed by atoms with Gasteiger partial charge in [0.15, 0.2) is 0 Å². The van der Waals surface area contributed by atoms with Crippen LogP contribution < -0.4 is 16.0 Å². The summed E-state index contributed by atoms with van der Waals surface area (Å²) in [5.41, 5.74) is -0.484. The number of nitrogens with zero attached hydrogens (tertiary/aromatic N) is 3. The third-order valence-corrected chi connectivity index (χ3v) is 5.81. The molecule has 36 heavy (non-hydrogen) atoms. The van der Waals surface area contributed by atoms with E-state index >= 15 is 0 Å². The van der Waals surface area contributed by atoms with Gasteiger partial charge in [-0.15, -0.1) is 0 Å². The van der Waals surface area contributed by atoms with E-state index in [1.165, 1.54) is 24.2 Å². The second kappa shape index (κ2) is 12.1. The van der Waals surface area contributed by atoms with E-state index < -0.39 is 22.8 Å². The molecule has 0 fully saturated rings. The molecule has 1 aromatic heterocycles. The molecule has 0 radical (unpaired) electrons. The van der Waals surface area contributed by atoms with Gasteiger partial charge in [-0.1, -0.05) is 29.4 Å². The zero-order valence-corrected chi connectivity index (χ0v) is 20.8. The first-order chi connectivity index (χ1) is 17.0. The Morgan fingerprint density at radius 3 is 2.44 bits per heavy atom. The SMILES string of the molecule is CN(C)CCNC(=O)c1cc(Sc2cccc(NC(=O)Nc3ccc(Cl)c(C(F)(F)F)c3)c2)ncn1. The highest BCUT2D eigenvalue weighted by Gasteiger charge is 2.33. The van der Waals surface area contributed by atoms with Crippen molar-refractivity contribution in [3.63, 3.8) is 0 Å². The molecule has 3 N–H and O–H groups in total. The second-order valence-electron chi connectivity index (χ2n) is 7.70. The smallest absolute Gasteiger partial charge is 0.349 e. The van der Waals surface area contributed by atoms with Crippen molar-refractivity contribution < 1.29 is 22.8 Å². The summed E-state index contributed by atoms with van der Waals surface area (Å²) in [6.07, 6.45) is -3.36. The van der Waals surface area contributed by atoms with Crippen molar-refractivity contribution in [3.8, 4) is 0 Å². The van der Waals surface area contributed by atoms with Crippen LogP contribution in [0.3, 0.4) is 0 Å². The minimum absolute atomic E-state index is 0.0628. The third kappa shape index (κ3) is 8.11. The summed E-state index contributed by atoms with van der Waals surface area (Å²) in [6.45, 7) is 1.16. The first kappa shape index (κ1) is 27.2. The number of likely N-dealkylation sites (N-methyl/N-ethyl adjacent to an activating group) is 1. The van der Waals surface area contributed by atoms with Gasteiger partial charge in [-0.05, 0) is 50.5 Å². The normalized spacial score (nSPS) is 11.3. The number of anilines is 2. The van der Waals surface area contributed by atoms with Crippen molar-refractivity contribution in [3.05, 3.63) is 71.1 Å². The van der Waals surface area contributed by atoms with Gasteiger partial charge in [0.05, 0.1) is 10.6 Å². The van der Waals surface area contributed by atoms with Gasteiger partial charge >= 0.3 is 12.2 Å². The average Bonchev–Trinajstić information content (AvgIpc) is 2.79. The summed E-state index contributed by atoms with van der Waals surface area (Å²) in [5.74, 6) is -0.316. The van der Waals surface area contributed by atoms with Crippen molar-refractivity contribution in [2.45, 2.75) is 16.1 Å². The Balaban J connectivity index is 1.63. The summed E-state index contributed by atoms with van der Waals surface area (Å²) in [5, 5.41) is 7.77. The Morgan fingerprint density at radius 2 is 1.75 bits per heavy atom. The van der Waals surface area contributed by atoms with Crippen LogP contribution in [0, 0.1) is 0 Å². The van der Waals surface area contributed by atoms with Crippen LogP contribution in [-0.2, 0) is 6.18 Å². The predicted octanol–water partition coefficient (Wildman–Crippen LogP) is 5.24. The van der Waals surface area contributed by atoms with Crippen molar-refractivity contribution in [1.82, 2.24) is 20.2 Å². The maximum atomic E-state index is 13.0. The number of amides is 3. The first-order valence-corrected chi connectivity index (χ1v) is 11.7. The Kier molecular flexibility index (Phi) is 9.13. The van der Waals surface area contributed by atoms with Gasteiger partial charge in [0.25, 0.3) is 5.91 Å². The van der Waals surface area contributed by atoms with E-state index in [4.69, 9.17) is 11.6 Å². The number of nitrogens with one attached hydrogen (secondary N) is 3. The summed E-state index contributed by atoms with van der Waals surface area (Å²) < 4.78 is 39.1. The third-order valence-electron chi connectivity index (χ3n) is 4.56. The maximum absolute atomic E-state index is 13.0. The van der Waals surface area contributed by atoms with Crippen molar-refractivity contribution in [1.29, 1.82) is 0 Å². The molecule has 13 heteroatoms. The van der Waals surface area contributed by atoms with Crippen LogP contribution in [0.5, 0.6) is 0 Å². The van der Waals surface area contributed by atoms with Gasteiger partial charge < -0.3 is 20.9 Å². The molecule has 0 saturated heterocycles. The van der Waals surface area contributed by atoms with Crippen LogP contribution in [-0.4, -0.2) is 54.0 Å². The van der Waals surface area contributed by atoms with Crippen molar-refractivity contribution >= 4 is 46.7 Å². The molecule has 0 aliphatic heterocycles. The molecule has 190 valence electrons. The number of aromatic nitrogens is 2. The van der Waals surface area contributed by atoms with Crippen molar-refractivity contribution in [2.75, 3.05) is 37.8 Å². The van der Waals surface area contributed by atoms with Gasteiger partial charge in [-0.25, -0.2) is 14.8 Å². The molecule has 3 aromatic rings. The number of alkyl halides is 3. The minimum atomic E-state index is -4.65. The Bertz CT molecular complexity index is 1240. The monoisotopic (exact) mass is 538 g/mol. The topological polar surface area (TPSA) is 99.2 Å². The van der Waals surface area contributed by atoms with E-state index in [9.17, 15) is 22.8 Å². The molecule has 0 atom stereocenters. The summed E-state index contributed by atoms with van der Waals surface area (Å²) in [4.78, 5) is 35.5. The van der Waals surface area contributed by atoms with Gasteiger partial charge in [-0.2, -0.15) is 13.2 Å². The lowest BCUT2D eigenvalue weighted by Crippen LogP contribution is -2.31. The number of rotatable bonds is 8. The number of benzene rings is 2. The second-order valence-corrected chi connectivity index (χ2v) is 9.20. The summed E-state index contributed by atoms with van der Waals surface area (Å²) in [6, 6.07) is 10.7. The number of hydrogen-bond acceptors (Lipinski definition) is 6. The largest absolute Gasteiger partial charge is 0.417 e. The zero-order chi connectivity index (χ0) is 26.3. The molecule has 8 nitrogen and oxygen atoms in total. The molecule has 0 aliphatic carbocycles. The summed E-state index contributed by atoms with van der Waals surface area (Å²) in [7, 11) is 3.80. The molecule has 0 unspecified atom stereocenters. The van der Waals surface area contributed by atoms with E-state index in [2.05, 4.69) is 25.9 Å². The van der Waals surface area contributed by atoms with Gasteiger partial charge in [-0.3, -0.25) is 4.79 Å². The number of halogens is 4. The highest BCUT2D eigenvalue weighted by Crippen LogP contribution is 2.36. The number of carbonyl (C=O) groups is 2. The molecular formula is C23H22ClF3N6O2S. The lowest BCUT2D eigenvalue weighted by molar-refractivity contribution is -0.137. The number of urea groups is 1. The molecular weight excluding hydrogens is 517 g/mol. The lowest BCUT2D eigenvalue weighted by Gasteiger charge is -2.12. The quantitative estimate of drug-likeness (QED) is 0.339. The molecule has 2 aromatic carbocycles. The standard InChI is InChI=1S/C23H22ClF3N6O2S/c1-33(2)9-8-28-21(34)19-12-20(30-13-29-19)36-16-5-3-4-14(10-16)31-22(35)32-15-6-7-18(24)17(11-15)23(25,26)27/h3-7,10-13H,8-9H2,1-2H3,(H,28,34)(H2,31,32,35). The Morgan fingerprint density at radius 1 is 1.03 bits per heavy atom. The predicted molar refractivity (Wildman–Crippen MR) is 133 cm³/mol. The molecule has 1 heterocycles. The van der Waals surface area contributed by atoms with E-state index in [1.807, 2.05) is 19.0 Å². The maximum Gasteiger partial charge on any atom is 0.417 e. The fourth-order valence-electron chi connectivity index (χ4n) is 2.87. The van der Waals surface area contributed by atoms with Gasteiger partial charge in [0.2, 0.25) is 0 Å². The lowest BCUT2D eigenvalue weighted by atomic mass is 10.2. The van der Waals surface area contributed by atoms with Crippen LogP contribution in [0.25, 0.3) is 0 Å². The van der Waals surface area contributed by atoms with Crippen LogP contribution in [0.2, 0.25) is 5.02 Å². The molecule has 0 aliphatic rings. The van der Waals surface area contributed by atoms with E-state index in [-0.39, 0.29) is 17.3 Å². The zero-order valence-electron chi connectivity index (χ0n) is 19.2. The van der Waals surface area contributed by atoms with E-state index in [1.54, 1.807) is 30.3 Å². The fourth-order valence-corrected chi connectivity index (χ4v) is 3.94. The highest BCUT2D eigenvalue weighted by molar-refractivity contribution is 7.99. The first-order valence-electron chi connectivity index (χ1n) is 10.5. The molecule has 0 spiro atoms. The number of carbonyl (C=O) groups excluding carboxylic acids is 2. The van der Waals surface area contributed by atoms with Gasteiger partial charge in [0.1, 0.15) is 17.0 Å².